The zero-order valence-electron chi connectivity index (χ0n) is 41.6. The topological polar surface area (TPSA) is 136 Å². The van der Waals surface area contributed by atoms with Crippen LogP contribution in [0.3, 0.4) is 0 Å². The van der Waals surface area contributed by atoms with Crippen LogP contribution in [0, 0.1) is 33.6 Å². The fourth-order valence-electron chi connectivity index (χ4n) is 9.94. The Hall–Kier alpha value is -8.02. The number of alkyl halides is 3. The van der Waals surface area contributed by atoms with Gasteiger partial charge in [0, 0.05) is 41.3 Å². The molecule has 2 saturated heterocycles. The minimum absolute atomic E-state index is 0.0108. The molecule has 0 radical (unpaired) electrons. The SMILES string of the molecule is [C-]#[N+]c1ccc(N2C(=O)C3(CCC3)N(c3ccc(CCC(=O)OCCO)cc3)C2=S)cc1C.[C-]#[N+]c1ccc(N2C(=O)C3(CCC3)N(c3ccc(CCCC(=O)Nc4ccc([N+]#[C-])c(C(F)(F)F)c4)cc3)C2=S)cc1C. The van der Waals surface area contributed by atoms with E-state index >= 15 is 0 Å². The van der Waals surface area contributed by atoms with Gasteiger partial charge in [-0.2, -0.15) is 13.2 Å². The zero-order valence-corrected chi connectivity index (χ0v) is 43.2. The first-order chi connectivity index (χ1) is 36.4. The number of benzene rings is 5. The molecule has 388 valence electrons. The second kappa shape index (κ2) is 22.4. The fraction of sp³-hybridized carbons (Fsp3) is 0.316. The van der Waals surface area contributed by atoms with Crippen LogP contribution in [0.15, 0.2) is 103 Å². The quantitative estimate of drug-likeness (QED) is 0.0628. The van der Waals surface area contributed by atoms with Gasteiger partial charge < -0.3 is 25.0 Å². The first-order valence-electron chi connectivity index (χ1n) is 24.6. The van der Waals surface area contributed by atoms with Crippen LogP contribution in [-0.2, 0) is 42.9 Å². The summed E-state index contributed by atoms with van der Waals surface area (Å²) in [6.45, 7) is 25.0. The zero-order chi connectivity index (χ0) is 54.5. The highest BCUT2D eigenvalue weighted by molar-refractivity contribution is 7.81. The van der Waals surface area contributed by atoms with Crippen molar-refractivity contribution >= 4 is 104 Å². The molecule has 4 aliphatic rings. The van der Waals surface area contributed by atoms with Crippen molar-refractivity contribution in [3.05, 3.63) is 165 Å². The van der Waals surface area contributed by atoms with Crippen molar-refractivity contribution < 1.29 is 42.2 Å². The molecule has 0 aromatic heterocycles. The van der Waals surface area contributed by atoms with Crippen LogP contribution in [0.4, 0.5) is 58.7 Å². The number of anilines is 5. The van der Waals surface area contributed by atoms with Gasteiger partial charge >= 0.3 is 12.1 Å². The molecule has 2 heterocycles. The summed E-state index contributed by atoms with van der Waals surface area (Å²) in [5, 5.41) is 12.1. The predicted octanol–water partition coefficient (Wildman–Crippen LogP) is 12.2. The number of esters is 1. The molecule has 0 bridgehead atoms. The number of ether oxygens (including phenoxy) is 1. The normalized spacial score (nSPS) is 16.1. The fourth-order valence-corrected chi connectivity index (χ4v) is 10.9. The van der Waals surface area contributed by atoms with Crippen LogP contribution in [0.2, 0.25) is 0 Å². The highest BCUT2D eigenvalue weighted by Gasteiger charge is 2.60. The summed E-state index contributed by atoms with van der Waals surface area (Å²) in [6.07, 6.45) is 1.91. The number of thiocarbonyl (C=S) groups is 2. The Kier molecular flexibility index (Phi) is 16.0. The van der Waals surface area contributed by atoms with E-state index in [1.807, 2.05) is 84.3 Å². The summed E-state index contributed by atoms with van der Waals surface area (Å²) in [4.78, 5) is 68.3. The summed E-state index contributed by atoms with van der Waals surface area (Å²) in [7, 11) is 0. The second-order valence-electron chi connectivity index (χ2n) is 19.0. The molecule has 2 aliphatic carbocycles. The monoisotopic (exact) mass is 1060 g/mol. The number of halogens is 3. The van der Waals surface area contributed by atoms with E-state index in [2.05, 4.69) is 19.9 Å². The van der Waals surface area contributed by atoms with Crippen LogP contribution < -0.4 is 24.9 Å². The minimum Gasteiger partial charge on any atom is -0.463 e. The average Bonchev–Trinajstić information content (AvgIpc) is 3.78. The van der Waals surface area contributed by atoms with E-state index in [4.69, 9.17) is 54.0 Å². The maximum atomic E-state index is 13.7. The van der Waals surface area contributed by atoms with Gasteiger partial charge in [0.15, 0.2) is 27.3 Å². The molecule has 4 fully saturated rings. The van der Waals surface area contributed by atoms with Gasteiger partial charge in [-0.1, -0.05) is 42.5 Å². The molecule has 3 amide bonds. The lowest BCUT2D eigenvalue weighted by Gasteiger charge is -2.43. The molecule has 2 aliphatic heterocycles. The summed E-state index contributed by atoms with van der Waals surface area (Å²) in [5.74, 6) is -0.861. The smallest absolute Gasteiger partial charge is 0.407 e. The maximum absolute atomic E-state index is 13.7. The predicted molar refractivity (Wildman–Crippen MR) is 292 cm³/mol. The average molecular weight is 1070 g/mol. The number of rotatable bonds is 14. The lowest BCUT2D eigenvalue weighted by Crippen LogP contribution is -2.55. The highest BCUT2D eigenvalue weighted by atomic mass is 32.1. The van der Waals surface area contributed by atoms with Gasteiger partial charge in [-0.15, -0.1) is 0 Å². The van der Waals surface area contributed by atoms with E-state index in [0.29, 0.717) is 65.1 Å². The molecule has 0 atom stereocenters. The van der Waals surface area contributed by atoms with Gasteiger partial charge in [0.1, 0.15) is 17.7 Å². The molecule has 9 rings (SSSR count). The molecule has 14 nitrogen and oxygen atoms in total. The lowest BCUT2D eigenvalue weighted by atomic mass is 9.75. The molecule has 2 N–H and O–H groups in total. The van der Waals surface area contributed by atoms with Crippen molar-refractivity contribution in [1.82, 2.24) is 0 Å². The van der Waals surface area contributed by atoms with Gasteiger partial charge in [0.25, 0.3) is 11.8 Å². The third-order valence-electron chi connectivity index (χ3n) is 14.2. The molecule has 5 aromatic rings. The Bertz CT molecular complexity index is 3270. The van der Waals surface area contributed by atoms with E-state index in [0.717, 1.165) is 71.4 Å². The molecular formula is C57H51F3N8O6S2. The van der Waals surface area contributed by atoms with Gasteiger partial charge in [0.05, 0.1) is 31.9 Å². The molecule has 76 heavy (non-hydrogen) atoms. The minimum atomic E-state index is -4.70. The van der Waals surface area contributed by atoms with Crippen molar-refractivity contribution in [3.8, 4) is 0 Å². The third kappa shape index (κ3) is 10.6. The highest BCUT2D eigenvalue weighted by Crippen LogP contribution is 2.50. The Morgan fingerprint density at radius 3 is 1.51 bits per heavy atom. The number of amides is 3. The summed E-state index contributed by atoms with van der Waals surface area (Å²) >= 11 is 11.6. The van der Waals surface area contributed by atoms with E-state index in [9.17, 15) is 32.3 Å². The maximum Gasteiger partial charge on any atom is 0.407 e. The first-order valence-corrected chi connectivity index (χ1v) is 25.4. The number of hydrogen-bond acceptors (Lipinski definition) is 8. The van der Waals surface area contributed by atoms with Crippen molar-refractivity contribution in [2.24, 2.45) is 0 Å². The van der Waals surface area contributed by atoms with Crippen LogP contribution in [0.5, 0.6) is 0 Å². The third-order valence-corrected chi connectivity index (χ3v) is 15.0. The first kappa shape index (κ1) is 54.2. The molecule has 2 saturated carbocycles. The van der Waals surface area contributed by atoms with Crippen molar-refractivity contribution in [1.29, 1.82) is 0 Å². The van der Waals surface area contributed by atoms with Gasteiger partial charge in [-0.3, -0.25) is 29.0 Å². The number of carbonyl (C=O) groups is 4. The van der Waals surface area contributed by atoms with E-state index < -0.39 is 34.4 Å². The number of hydrogen-bond donors (Lipinski definition) is 2. The van der Waals surface area contributed by atoms with Crippen molar-refractivity contribution in [3.63, 3.8) is 0 Å². The largest absolute Gasteiger partial charge is 0.463 e. The Morgan fingerprint density at radius 1 is 0.658 bits per heavy atom. The molecule has 2 spiro atoms. The molecule has 19 heteroatoms. The Balaban J connectivity index is 0.000000209. The van der Waals surface area contributed by atoms with Crippen LogP contribution in [-0.4, -0.2) is 63.3 Å². The lowest BCUT2D eigenvalue weighted by molar-refractivity contribution is -0.144. The van der Waals surface area contributed by atoms with Gasteiger partial charge in [-0.05, 0) is 179 Å². The van der Waals surface area contributed by atoms with Crippen LogP contribution in [0.25, 0.3) is 14.5 Å². The standard InChI is InChI=1S/C32H26F3N5O2S.C25H25N3O4S/c1-20-18-24(13-15-26(20)36-2)39-29(42)31(16-5-17-31)40(30(39)43)23-11-8-21(9-12-23)6-4-7-28(41)38-22-10-14-27(37-3)25(19-22)32(33,34)35;1-17-16-20(9-10-21(17)26-2)27-23(31)25(12-3-13-25)28(24(27)33)19-7-4-18(5-8-19)6-11-22(30)32-15-14-29/h8-15,18-19H,4-7,16-17H2,1H3,(H,38,41);4-5,7-10,16,29H,3,6,11-15H2,1H3. The number of carbonyl (C=O) groups excluding carboxylic acids is 4. The Labute approximate surface area is 449 Å². The number of aliphatic hydroxyl groups is 1. The van der Waals surface area contributed by atoms with Crippen LogP contribution in [0.1, 0.15) is 85.6 Å². The van der Waals surface area contributed by atoms with Crippen molar-refractivity contribution in [2.75, 3.05) is 38.1 Å². The molecule has 0 unspecified atom stereocenters. The number of aryl methyl sites for hydroxylation is 4. The van der Waals surface area contributed by atoms with Crippen molar-refractivity contribution in [2.45, 2.75) is 102 Å². The van der Waals surface area contributed by atoms with E-state index in [1.165, 1.54) is 6.07 Å². The summed E-state index contributed by atoms with van der Waals surface area (Å²) in [5.41, 5.74) is 4.53. The second-order valence-corrected chi connectivity index (χ2v) is 19.7. The van der Waals surface area contributed by atoms with E-state index in [-0.39, 0.29) is 49.5 Å². The summed E-state index contributed by atoms with van der Waals surface area (Å²) < 4.78 is 44.6. The Morgan fingerprint density at radius 2 is 1.11 bits per heavy atom. The summed E-state index contributed by atoms with van der Waals surface area (Å²) in [6, 6.07) is 29.1. The van der Waals surface area contributed by atoms with Gasteiger partial charge in [-0.25, -0.2) is 14.5 Å². The van der Waals surface area contributed by atoms with E-state index in [1.54, 1.807) is 34.1 Å². The number of nitrogens with one attached hydrogen (secondary N) is 1. The molecular weight excluding hydrogens is 1010 g/mol. The van der Waals surface area contributed by atoms with Crippen LogP contribution >= 0.6 is 24.4 Å². The number of nitrogens with zero attached hydrogens (tertiary/aromatic N) is 7. The van der Waals surface area contributed by atoms with Gasteiger partial charge in [0.2, 0.25) is 5.91 Å². The molecule has 5 aromatic carbocycles. The number of aliphatic hydroxyl groups excluding tert-OH is 1.